The number of H-pyrrole nitrogens is 1. The van der Waals surface area contributed by atoms with Crippen LogP contribution >= 0.6 is 0 Å². The van der Waals surface area contributed by atoms with Gasteiger partial charge < -0.3 is 0 Å². The van der Waals surface area contributed by atoms with E-state index in [1.54, 1.807) is 12.1 Å². The van der Waals surface area contributed by atoms with Crippen molar-refractivity contribution >= 4 is 20.0 Å². The van der Waals surface area contributed by atoms with Gasteiger partial charge in [0.25, 0.3) is 0 Å². The molecular formula is C22H25FN4O4S2. The van der Waals surface area contributed by atoms with Crippen molar-refractivity contribution in [2.24, 2.45) is 0 Å². The third-order valence-corrected chi connectivity index (χ3v) is 8.82. The maximum Gasteiger partial charge on any atom is 0.242 e. The lowest BCUT2D eigenvalue weighted by Crippen LogP contribution is -2.28. The van der Waals surface area contributed by atoms with Gasteiger partial charge in [-0.2, -0.15) is 5.10 Å². The molecule has 0 saturated heterocycles. The number of hydrogen-bond acceptors (Lipinski definition) is 5. The summed E-state index contributed by atoms with van der Waals surface area (Å²) in [4.78, 5) is 0.0784. The van der Waals surface area contributed by atoms with Gasteiger partial charge in [-0.05, 0) is 68.1 Å². The number of halogens is 1. The number of benzene rings is 2. The molecular weight excluding hydrogens is 467 g/mol. The molecule has 33 heavy (non-hydrogen) atoms. The second kappa shape index (κ2) is 9.34. The highest BCUT2D eigenvalue weighted by atomic mass is 32.2. The van der Waals surface area contributed by atoms with Gasteiger partial charge in [0.05, 0.1) is 15.5 Å². The SMILES string of the molecule is CN(CCCc1cc(-c2cccc(F)c2)n[nH]1)S(=O)(=O)c1ccc(S(=O)(=O)NC2CC2)cc1. The molecule has 1 saturated carbocycles. The highest BCUT2D eigenvalue weighted by molar-refractivity contribution is 7.89. The molecule has 0 spiro atoms. The zero-order valence-electron chi connectivity index (χ0n) is 18.0. The molecule has 1 aliphatic carbocycles. The molecule has 0 amide bonds. The number of aromatic nitrogens is 2. The molecule has 3 aromatic rings. The van der Waals surface area contributed by atoms with Crippen molar-refractivity contribution in [2.75, 3.05) is 13.6 Å². The second-order valence-corrected chi connectivity index (χ2v) is 11.8. The summed E-state index contributed by atoms with van der Waals surface area (Å²) < 4.78 is 67.4. The van der Waals surface area contributed by atoms with Crippen LogP contribution in [0.3, 0.4) is 0 Å². The van der Waals surface area contributed by atoms with E-state index in [1.807, 2.05) is 6.07 Å². The Balaban J connectivity index is 1.34. The molecule has 0 aliphatic heterocycles. The van der Waals surface area contributed by atoms with Gasteiger partial charge in [0, 0.05) is 30.9 Å². The standard InChI is InChI=1S/C22H25FN4O4S2/c1-27(13-3-6-19-15-22(25-24-19)16-4-2-5-17(23)14-16)33(30,31)21-11-9-20(10-12-21)32(28,29)26-18-7-8-18/h2,4-5,9-12,14-15,18,26H,3,6-8,13H2,1H3,(H,24,25). The molecule has 1 aliphatic rings. The van der Waals surface area contributed by atoms with E-state index in [0.717, 1.165) is 18.5 Å². The quantitative estimate of drug-likeness (QED) is 0.452. The number of aromatic amines is 1. The lowest BCUT2D eigenvalue weighted by Gasteiger charge is -2.17. The van der Waals surface area contributed by atoms with Crippen LogP contribution in [-0.2, 0) is 26.5 Å². The molecule has 2 aromatic carbocycles. The smallest absolute Gasteiger partial charge is 0.242 e. The summed E-state index contributed by atoms with van der Waals surface area (Å²) in [6.07, 6.45) is 2.74. The van der Waals surface area contributed by atoms with Gasteiger partial charge in [0.1, 0.15) is 5.82 Å². The van der Waals surface area contributed by atoms with Crippen molar-refractivity contribution in [2.45, 2.75) is 41.5 Å². The molecule has 0 atom stereocenters. The summed E-state index contributed by atoms with van der Waals surface area (Å²) in [6, 6.07) is 13.2. The van der Waals surface area contributed by atoms with Crippen LogP contribution in [0.2, 0.25) is 0 Å². The molecule has 1 fully saturated rings. The van der Waals surface area contributed by atoms with Crippen molar-refractivity contribution in [1.29, 1.82) is 0 Å². The Morgan fingerprint density at radius 3 is 2.42 bits per heavy atom. The van der Waals surface area contributed by atoms with Crippen molar-refractivity contribution in [1.82, 2.24) is 19.2 Å². The van der Waals surface area contributed by atoms with E-state index in [-0.39, 0.29) is 28.2 Å². The van der Waals surface area contributed by atoms with Crippen LogP contribution in [-0.4, -0.2) is 51.0 Å². The Morgan fingerprint density at radius 1 is 1.06 bits per heavy atom. The van der Waals surface area contributed by atoms with Gasteiger partial charge in [-0.1, -0.05) is 12.1 Å². The highest BCUT2D eigenvalue weighted by Gasteiger charge is 2.28. The van der Waals surface area contributed by atoms with E-state index in [9.17, 15) is 21.2 Å². The minimum absolute atomic E-state index is 0.0237. The summed E-state index contributed by atoms with van der Waals surface area (Å²) in [6.45, 7) is 0.264. The van der Waals surface area contributed by atoms with Gasteiger partial charge in [-0.15, -0.1) is 0 Å². The van der Waals surface area contributed by atoms with Crippen LogP contribution in [0.25, 0.3) is 11.3 Å². The molecule has 4 rings (SSSR count). The first-order chi connectivity index (χ1) is 15.6. The largest absolute Gasteiger partial charge is 0.282 e. The van der Waals surface area contributed by atoms with Crippen LogP contribution in [0.1, 0.15) is 25.0 Å². The van der Waals surface area contributed by atoms with Crippen LogP contribution in [0.4, 0.5) is 4.39 Å². The first kappa shape index (κ1) is 23.6. The molecule has 2 N–H and O–H groups in total. The maximum atomic E-state index is 13.4. The van der Waals surface area contributed by atoms with Gasteiger partial charge >= 0.3 is 0 Å². The summed E-state index contributed by atoms with van der Waals surface area (Å²) >= 11 is 0. The molecule has 11 heteroatoms. The number of nitrogens with one attached hydrogen (secondary N) is 2. The lowest BCUT2D eigenvalue weighted by atomic mass is 10.1. The third-order valence-electron chi connectivity index (χ3n) is 5.41. The summed E-state index contributed by atoms with van der Waals surface area (Å²) in [5.41, 5.74) is 2.10. The fourth-order valence-electron chi connectivity index (χ4n) is 3.36. The minimum Gasteiger partial charge on any atom is -0.282 e. The Labute approximate surface area is 192 Å². The first-order valence-electron chi connectivity index (χ1n) is 10.5. The van der Waals surface area contributed by atoms with E-state index in [2.05, 4.69) is 14.9 Å². The van der Waals surface area contributed by atoms with Gasteiger partial charge in [-0.3, -0.25) is 5.10 Å². The normalized spacial score (nSPS) is 14.6. The van der Waals surface area contributed by atoms with Crippen LogP contribution in [0.5, 0.6) is 0 Å². The molecule has 0 radical (unpaired) electrons. The average molecular weight is 493 g/mol. The molecule has 0 unspecified atom stereocenters. The van der Waals surface area contributed by atoms with Crippen molar-refractivity contribution < 1.29 is 21.2 Å². The Morgan fingerprint density at radius 2 is 1.76 bits per heavy atom. The lowest BCUT2D eigenvalue weighted by molar-refractivity contribution is 0.460. The van der Waals surface area contributed by atoms with Crippen LogP contribution < -0.4 is 4.72 Å². The number of nitrogens with zero attached hydrogens (tertiary/aromatic N) is 2. The fourth-order valence-corrected chi connectivity index (χ4v) is 5.87. The van der Waals surface area contributed by atoms with E-state index < -0.39 is 20.0 Å². The zero-order chi connectivity index (χ0) is 23.6. The topological polar surface area (TPSA) is 112 Å². The summed E-state index contributed by atoms with van der Waals surface area (Å²) in [5, 5.41) is 7.10. The monoisotopic (exact) mass is 492 g/mol. The third kappa shape index (κ3) is 5.67. The molecule has 176 valence electrons. The van der Waals surface area contributed by atoms with Gasteiger partial charge in [0.2, 0.25) is 20.0 Å². The van der Waals surface area contributed by atoms with E-state index in [4.69, 9.17) is 0 Å². The van der Waals surface area contributed by atoms with E-state index >= 15 is 0 Å². The molecule has 1 heterocycles. The Kier molecular flexibility index (Phi) is 6.66. The molecule has 8 nitrogen and oxygen atoms in total. The number of rotatable bonds is 10. The van der Waals surface area contributed by atoms with Crippen molar-refractivity contribution in [3.05, 3.63) is 66.1 Å². The van der Waals surface area contributed by atoms with Crippen molar-refractivity contribution in [3.63, 3.8) is 0 Å². The summed E-state index contributed by atoms with van der Waals surface area (Å²) in [7, 11) is -5.91. The Hall–Kier alpha value is -2.60. The first-order valence-corrected chi connectivity index (χ1v) is 13.5. The minimum atomic E-state index is -3.76. The van der Waals surface area contributed by atoms with Crippen molar-refractivity contribution in [3.8, 4) is 11.3 Å². The second-order valence-electron chi connectivity index (χ2n) is 8.09. The Bertz CT molecular complexity index is 1330. The van der Waals surface area contributed by atoms with Gasteiger partial charge in [-0.25, -0.2) is 30.3 Å². The summed E-state index contributed by atoms with van der Waals surface area (Å²) in [5.74, 6) is -0.339. The molecule has 1 aromatic heterocycles. The number of sulfonamides is 2. The average Bonchev–Trinajstić information content (AvgIpc) is 3.46. The van der Waals surface area contributed by atoms with E-state index in [1.165, 1.54) is 47.8 Å². The fraction of sp³-hybridized carbons (Fsp3) is 0.318. The highest BCUT2D eigenvalue weighted by Crippen LogP contribution is 2.24. The maximum absolute atomic E-state index is 13.4. The van der Waals surface area contributed by atoms with E-state index in [0.29, 0.717) is 24.1 Å². The number of hydrogen-bond donors (Lipinski definition) is 2. The van der Waals surface area contributed by atoms with Crippen LogP contribution in [0, 0.1) is 5.82 Å². The molecule has 0 bridgehead atoms. The number of aryl methyl sites for hydroxylation is 1. The predicted molar refractivity (Wildman–Crippen MR) is 122 cm³/mol. The predicted octanol–water partition coefficient (Wildman–Crippen LogP) is 2.91. The zero-order valence-corrected chi connectivity index (χ0v) is 19.7. The van der Waals surface area contributed by atoms with Gasteiger partial charge in [0.15, 0.2) is 0 Å². The van der Waals surface area contributed by atoms with Crippen LogP contribution in [0.15, 0.2) is 64.4 Å².